The van der Waals surface area contributed by atoms with Gasteiger partial charge in [-0.2, -0.15) is 4.57 Å². The van der Waals surface area contributed by atoms with Crippen LogP contribution < -0.4 is 19.1 Å². The third-order valence-corrected chi connectivity index (χ3v) is 8.88. The van der Waals surface area contributed by atoms with Crippen LogP contribution in [0.4, 0.5) is 11.5 Å². The molecule has 0 unspecified atom stereocenters. The van der Waals surface area contributed by atoms with Crippen LogP contribution in [0.25, 0.3) is 22.7 Å². The SMILES string of the molecule is C=CS(=O)(=O)CCCC(=O)CCCN(C)c1cc(C=C2Oc3ccccc3N2C)c2ccccc2[n+]1-c1ccccc1. The van der Waals surface area contributed by atoms with E-state index in [0.29, 0.717) is 25.8 Å². The third-order valence-electron chi connectivity index (χ3n) is 7.51. The predicted octanol–water partition coefficient (Wildman–Crippen LogP) is 6.07. The van der Waals surface area contributed by atoms with Crippen LogP contribution in [0.15, 0.2) is 103 Å². The Kier molecular flexibility index (Phi) is 8.73. The minimum absolute atomic E-state index is 0.0431. The topological polar surface area (TPSA) is 70.8 Å². The van der Waals surface area contributed by atoms with Crippen LogP contribution in [0, 0.1) is 0 Å². The van der Waals surface area contributed by atoms with E-state index in [1.807, 2.05) is 68.7 Å². The summed E-state index contributed by atoms with van der Waals surface area (Å²) < 4.78 is 31.8. The van der Waals surface area contributed by atoms with Crippen LogP contribution in [0.3, 0.4) is 0 Å². The first kappa shape index (κ1) is 29.1. The van der Waals surface area contributed by atoms with E-state index in [1.54, 1.807) is 0 Å². The second kappa shape index (κ2) is 12.6. The smallest absolute Gasteiger partial charge is 0.282 e. The summed E-state index contributed by atoms with van der Waals surface area (Å²) in [7, 11) is 0.759. The van der Waals surface area contributed by atoms with Crippen molar-refractivity contribution in [2.45, 2.75) is 25.7 Å². The molecule has 7 nitrogen and oxygen atoms in total. The highest BCUT2D eigenvalue weighted by molar-refractivity contribution is 7.94. The fourth-order valence-corrected chi connectivity index (χ4v) is 5.97. The molecule has 0 N–H and O–H groups in total. The van der Waals surface area contributed by atoms with Crippen molar-refractivity contribution in [1.29, 1.82) is 0 Å². The maximum atomic E-state index is 12.5. The summed E-state index contributed by atoms with van der Waals surface area (Å²) in [6.07, 6.45) is 3.70. The molecule has 0 saturated heterocycles. The van der Waals surface area contributed by atoms with Crippen LogP contribution in [0.1, 0.15) is 31.2 Å². The van der Waals surface area contributed by atoms with Crippen molar-refractivity contribution in [2.75, 3.05) is 36.2 Å². The van der Waals surface area contributed by atoms with Crippen LogP contribution >= 0.6 is 0 Å². The van der Waals surface area contributed by atoms with Gasteiger partial charge in [0.1, 0.15) is 17.0 Å². The van der Waals surface area contributed by atoms with Gasteiger partial charge in [-0.3, -0.25) is 9.69 Å². The van der Waals surface area contributed by atoms with Gasteiger partial charge in [-0.05, 0) is 48.7 Å². The Morgan fingerprint density at radius 3 is 2.43 bits per heavy atom. The number of pyridine rings is 1. The average Bonchev–Trinajstić information content (AvgIpc) is 3.32. The summed E-state index contributed by atoms with van der Waals surface area (Å²) >= 11 is 0. The Morgan fingerprint density at radius 2 is 1.67 bits per heavy atom. The normalized spacial score (nSPS) is 13.7. The Bertz CT molecular complexity index is 1750. The van der Waals surface area contributed by atoms with E-state index < -0.39 is 9.84 Å². The maximum absolute atomic E-state index is 12.5. The fourth-order valence-electron chi connectivity index (χ4n) is 5.25. The Labute approximate surface area is 247 Å². The number of carbonyl (C=O) groups excluding carboxylic acids is 1. The molecular weight excluding hydrogens is 546 g/mol. The quantitative estimate of drug-likeness (QED) is 0.189. The van der Waals surface area contributed by atoms with Gasteiger partial charge in [0.2, 0.25) is 5.88 Å². The van der Waals surface area contributed by atoms with Crippen LogP contribution in [0.2, 0.25) is 0 Å². The molecule has 3 aromatic carbocycles. The molecule has 0 bridgehead atoms. The highest BCUT2D eigenvalue weighted by Crippen LogP contribution is 2.38. The monoisotopic (exact) mass is 582 g/mol. The molecule has 2 heterocycles. The van der Waals surface area contributed by atoms with Crippen LogP contribution in [-0.2, 0) is 14.6 Å². The summed E-state index contributed by atoms with van der Waals surface area (Å²) in [6.45, 7) is 3.98. The molecule has 1 aromatic heterocycles. The molecular formula is C34H36N3O4S+. The number of anilines is 2. The number of nitrogens with zero attached hydrogens (tertiary/aromatic N) is 3. The lowest BCUT2D eigenvalue weighted by Crippen LogP contribution is -2.40. The minimum atomic E-state index is -3.28. The number of carbonyl (C=O) groups is 1. The van der Waals surface area contributed by atoms with E-state index in [-0.39, 0.29) is 18.0 Å². The van der Waals surface area contributed by atoms with Gasteiger partial charge in [0.25, 0.3) is 5.82 Å². The zero-order valence-corrected chi connectivity index (χ0v) is 24.9. The third kappa shape index (κ3) is 6.39. The van der Waals surface area contributed by atoms with Crippen molar-refractivity contribution in [3.05, 3.63) is 108 Å². The van der Waals surface area contributed by atoms with Gasteiger partial charge in [0.05, 0.1) is 25.0 Å². The Hall–Kier alpha value is -4.43. The van der Waals surface area contributed by atoms with Crippen LogP contribution in [0.5, 0.6) is 5.75 Å². The molecule has 4 aromatic rings. The molecule has 0 fully saturated rings. The number of para-hydroxylation sites is 4. The lowest BCUT2D eigenvalue weighted by molar-refractivity contribution is -0.553. The van der Waals surface area contributed by atoms with Gasteiger partial charge in [-0.25, -0.2) is 8.42 Å². The van der Waals surface area contributed by atoms with Crippen molar-refractivity contribution in [2.24, 2.45) is 0 Å². The number of sulfone groups is 1. The number of aromatic nitrogens is 1. The summed E-state index contributed by atoms with van der Waals surface area (Å²) in [4.78, 5) is 16.7. The lowest BCUT2D eigenvalue weighted by Gasteiger charge is -2.19. The first-order valence-electron chi connectivity index (χ1n) is 14.1. The number of hydrogen-bond acceptors (Lipinski definition) is 6. The number of fused-ring (bicyclic) bond motifs is 2. The van der Waals surface area contributed by atoms with Crippen molar-refractivity contribution >= 4 is 44.1 Å². The second-order valence-corrected chi connectivity index (χ2v) is 12.5. The first-order valence-corrected chi connectivity index (χ1v) is 15.8. The maximum Gasteiger partial charge on any atom is 0.282 e. The fraction of sp³-hybridized carbons (Fsp3) is 0.235. The molecule has 0 amide bonds. The number of hydrogen-bond donors (Lipinski definition) is 0. The van der Waals surface area contributed by atoms with E-state index in [0.717, 1.165) is 50.7 Å². The van der Waals surface area contributed by atoms with Gasteiger partial charge in [0.15, 0.2) is 15.6 Å². The number of rotatable bonds is 12. The van der Waals surface area contributed by atoms with Crippen molar-refractivity contribution in [1.82, 2.24) is 0 Å². The Balaban J connectivity index is 1.45. The predicted molar refractivity (Wildman–Crippen MR) is 170 cm³/mol. The molecule has 216 valence electrons. The lowest BCUT2D eigenvalue weighted by atomic mass is 10.1. The minimum Gasteiger partial charge on any atom is -0.439 e. The van der Waals surface area contributed by atoms with Crippen molar-refractivity contribution < 1.29 is 22.5 Å². The molecule has 1 aliphatic rings. The van der Waals surface area contributed by atoms with Crippen molar-refractivity contribution in [3.8, 4) is 11.4 Å². The largest absolute Gasteiger partial charge is 0.439 e. The number of ether oxygens (including phenoxy) is 1. The average molecular weight is 583 g/mol. The molecule has 0 atom stereocenters. The van der Waals surface area contributed by atoms with E-state index in [1.165, 1.54) is 0 Å². The van der Waals surface area contributed by atoms with E-state index >= 15 is 0 Å². The van der Waals surface area contributed by atoms with E-state index in [9.17, 15) is 13.2 Å². The first-order chi connectivity index (χ1) is 20.3. The molecule has 42 heavy (non-hydrogen) atoms. The molecule has 0 radical (unpaired) electrons. The van der Waals surface area contributed by atoms with Gasteiger partial charge in [-0.15, -0.1) is 0 Å². The highest BCUT2D eigenvalue weighted by Gasteiger charge is 2.26. The van der Waals surface area contributed by atoms with E-state index in [2.05, 4.69) is 57.4 Å². The number of ketones is 1. The molecule has 0 spiro atoms. The standard InChI is InChI=1S/C34H36N3O4S/c1-4-42(39,40)23-13-17-28(38)16-12-22-35(2)33-24-26(25-34-36(3)31-20-10-11-21-32(31)41-34)29-18-8-9-19-30(29)37(33)27-14-6-5-7-15-27/h4-11,14-15,18-21,24-25H,1,12-13,16-17,22-23H2,2-3H3/q+1. The zero-order chi connectivity index (χ0) is 29.7. The molecule has 5 rings (SSSR count). The molecule has 0 aliphatic carbocycles. The summed E-state index contributed by atoms with van der Waals surface area (Å²) in [6, 6.07) is 28.7. The summed E-state index contributed by atoms with van der Waals surface area (Å²) in [5, 5.41) is 2.04. The summed E-state index contributed by atoms with van der Waals surface area (Å²) in [5.74, 6) is 2.59. The molecule has 1 aliphatic heterocycles. The molecule has 0 saturated carbocycles. The second-order valence-electron chi connectivity index (χ2n) is 10.5. The highest BCUT2D eigenvalue weighted by atomic mass is 32.2. The Morgan fingerprint density at radius 1 is 0.976 bits per heavy atom. The van der Waals surface area contributed by atoms with Gasteiger partial charge < -0.3 is 9.64 Å². The number of Topliss-reactive ketones (excluding diaryl/α,β-unsaturated/α-hetero) is 1. The summed E-state index contributed by atoms with van der Waals surface area (Å²) in [5.41, 5.74) is 4.13. The molecule has 8 heteroatoms. The van der Waals surface area contributed by atoms with Crippen LogP contribution in [-0.4, -0.2) is 40.6 Å². The van der Waals surface area contributed by atoms with E-state index in [4.69, 9.17) is 4.74 Å². The number of benzene rings is 3. The van der Waals surface area contributed by atoms with Gasteiger partial charge in [0, 0.05) is 42.8 Å². The zero-order valence-electron chi connectivity index (χ0n) is 24.1. The van der Waals surface area contributed by atoms with Gasteiger partial charge in [-0.1, -0.05) is 55.1 Å². The van der Waals surface area contributed by atoms with Crippen molar-refractivity contribution in [3.63, 3.8) is 0 Å². The van der Waals surface area contributed by atoms with Gasteiger partial charge >= 0.3 is 0 Å².